The lowest BCUT2D eigenvalue weighted by molar-refractivity contribution is -0.136. The van der Waals surface area contributed by atoms with E-state index in [2.05, 4.69) is 0 Å². The Bertz CT molecular complexity index is 1080. The van der Waals surface area contributed by atoms with Crippen molar-refractivity contribution in [3.8, 4) is 0 Å². The first-order chi connectivity index (χ1) is 15.2. The van der Waals surface area contributed by atoms with Crippen LogP contribution < -0.4 is 15.5 Å². The number of anilines is 2. The Balaban J connectivity index is 1.87. The van der Waals surface area contributed by atoms with Crippen molar-refractivity contribution < 1.29 is 29.3 Å². The third-order valence-electron chi connectivity index (χ3n) is 4.95. The molecule has 0 atom stereocenters. The number of carboxylic acids is 2. The zero-order valence-corrected chi connectivity index (χ0v) is 17.2. The predicted octanol–water partition coefficient (Wildman–Crippen LogP) is 1.35. The molecule has 1 aliphatic rings. The molecule has 5 N–H and O–H groups in total. The molecule has 0 spiro atoms. The minimum Gasteiger partial charge on any atom is -0.498 e. The Morgan fingerprint density at radius 3 is 2.09 bits per heavy atom. The molecular formula is C22H22N4O6. The fraction of sp³-hybridized carbons (Fsp3) is 0.182. The Morgan fingerprint density at radius 1 is 1.06 bits per heavy atom. The summed E-state index contributed by atoms with van der Waals surface area (Å²) < 4.78 is 5.44. The fourth-order valence-electron chi connectivity index (χ4n) is 3.43. The summed E-state index contributed by atoms with van der Waals surface area (Å²) in [6.07, 6.45) is 0. The summed E-state index contributed by atoms with van der Waals surface area (Å²) in [5, 5.41) is 25.6. The molecule has 10 nitrogen and oxygen atoms in total. The molecule has 2 aromatic rings. The molecule has 32 heavy (non-hydrogen) atoms. The molecule has 1 heterocycles. The minimum atomic E-state index is -1.16. The first-order valence-electron chi connectivity index (χ1n) is 9.53. The number of ether oxygens (including phenoxy) is 1. The van der Waals surface area contributed by atoms with Gasteiger partial charge in [-0.3, -0.25) is 19.8 Å². The first-order valence-corrected chi connectivity index (χ1v) is 9.53. The van der Waals surface area contributed by atoms with Gasteiger partial charge in [-0.2, -0.15) is 0 Å². The Labute approximate surface area is 183 Å². The lowest BCUT2D eigenvalue weighted by Gasteiger charge is -2.21. The van der Waals surface area contributed by atoms with Crippen molar-refractivity contribution in [1.29, 1.82) is 5.41 Å². The number of nitrogen functional groups attached to an aromatic ring is 1. The predicted molar refractivity (Wildman–Crippen MR) is 118 cm³/mol. The summed E-state index contributed by atoms with van der Waals surface area (Å²) in [4.78, 5) is 38.0. The third kappa shape index (κ3) is 4.69. The Kier molecular flexibility index (Phi) is 6.43. The van der Waals surface area contributed by atoms with Crippen LogP contribution in [0.1, 0.15) is 11.1 Å². The number of carbonyl (C=O) groups is 3. The van der Waals surface area contributed by atoms with Crippen LogP contribution in [0.5, 0.6) is 0 Å². The quantitative estimate of drug-likeness (QED) is 0.337. The van der Waals surface area contributed by atoms with Gasteiger partial charge in [-0.15, -0.1) is 0 Å². The lowest BCUT2D eigenvalue weighted by Crippen LogP contribution is -2.34. The van der Waals surface area contributed by atoms with Crippen LogP contribution in [-0.4, -0.2) is 60.6 Å². The maximum atomic E-state index is 13.2. The average Bonchev–Trinajstić information content (AvgIpc) is 3.09. The SMILES string of the molecule is COC1=C(c2ccc(N(CC(=O)O)CC(=O)O)cc2)C(=O)N(c2ccc(C(=N)N)cc2)C1. The molecule has 0 fully saturated rings. The molecule has 0 saturated heterocycles. The van der Waals surface area contributed by atoms with E-state index in [0.717, 1.165) is 0 Å². The van der Waals surface area contributed by atoms with Crippen molar-refractivity contribution >= 4 is 40.6 Å². The normalized spacial score (nSPS) is 13.3. The highest BCUT2D eigenvalue weighted by atomic mass is 16.5. The number of hydrogen-bond donors (Lipinski definition) is 4. The van der Waals surface area contributed by atoms with E-state index in [0.29, 0.717) is 33.8 Å². The highest BCUT2D eigenvalue weighted by Gasteiger charge is 2.33. The molecule has 0 radical (unpaired) electrons. The van der Waals surface area contributed by atoms with E-state index in [-0.39, 0.29) is 18.3 Å². The average molecular weight is 438 g/mol. The summed E-state index contributed by atoms with van der Waals surface area (Å²) in [6, 6.07) is 13.1. The molecule has 1 aliphatic heterocycles. The van der Waals surface area contributed by atoms with Crippen LogP contribution in [0.3, 0.4) is 0 Å². The zero-order chi connectivity index (χ0) is 23.4. The van der Waals surface area contributed by atoms with Crippen molar-refractivity contribution in [2.75, 3.05) is 36.5 Å². The van der Waals surface area contributed by atoms with Gasteiger partial charge in [0.15, 0.2) is 0 Å². The fourth-order valence-corrected chi connectivity index (χ4v) is 3.43. The molecule has 1 amide bonds. The standard InChI is InChI=1S/C22H22N4O6/c1-32-17-10-26(16-8-4-14(5-9-16)21(23)24)22(31)20(17)13-2-6-15(7-3-13)25(11-18(27)28)12-19(29)30/h2-9H,10-12H2,1H3,(H3,23,24)(H,27,28)(H,29,30). The van der Waals surface area contributed by atoms with Crippen LogP contribution in [0.2, 0.25) is 0 Å². The second-order valence-corrected chi connectivity index (χ2v) is 7.04. The summed E-state index contributed by atoms with van der Waals surface area (Å²) in [5.74, 6) is -2.20. The van der Waals surface area contributed by atoms with E-state index in [4.69, 9.17) is 26.1 Å². The minimum absolute atomic E-state index is 0.0689. The van der Waals surface area contributed by atoms with E-state index < -0.39 is 25.0 Å². The van der Waals surface area contributed by atoms with Gasteiger partial charge in [-0.05, 0) is 42.0 Å². The Morgan fingerprint density at radius 2 is 1.62 bits per heavy atom. The van der Waals surface area contributed by atoms with Crippen LogP contribution in [-0.2, 0) is 19.1 Å². The molecular weight excluding hydrogens is 416 g/mol. The second-order valence-electron chi connectivity index (χ2n) is 7.04. The number of carbonyl (C=O) groups excluding carboxylic acids is 1. The lowest BCUT2D eigenvalue weighted by atomic mass is 10.0. The van der Waals surface area contributed by atoms with Crippen molar-refractivity contribution in [3.05, 3.63) is 65.4 Å². The zero-order valence-electron chi connectivity index (χ0n) is 17.2. The van der Waals surface area contributed by atoms with Gasteiger partial charge in [0.2, 0.25) is 0 Å². The van der Waals surface area contributed by atoms with E-state index in [1.165, 1.54) is 16.9 Å². The maximum Gasteiger partial charge on any atom is 0.323 e. The topological polar surface area (TPSA) is 157 Å². The first kappa shape index (κ1) is 22.3. The summed E-state index contributed by atoms with van der Waals surface area (Å²) >= 11 is 0. The van der Waals surface area contributed by atoms with Gasteiger partial charge in [0.25, 0.3) is 5.91 Å². The molecule has 166 valence electrons. The number of rotatable bonds is 9. The highest BCUT2D eigenvalue weighted by molar-refractivity contribution is 6.29. The van der Waals surface area contributed by atoms with E-state index >= 15 is 0 Å². The molecule has 0 saturated carbocycles. The van der Waals surface area contributed by atoms with Crippen LogP contribution in [0, 0.1) is 5.41 Å². The molecule has 0 unspecified atom stereocenters. The molecule has 0 aromatic heterocycles. The van der Waals surface area contributed by atoms with Crippen molar-refractivity contribution in [2.24, 2.45) is 5.73 Å². The summed E-state index contributed by atoms with van der Waals surface area (Å²) in [5.41, 5.74) is 7.97. The summed E-state index contributed by atoms with van der Waals surface area (Å²) in [6.45, 7) is -0.725. The highest BCUT2D eigenvalue weighted by Crippen LogP contribution is 2.33. The largest absolute Gasteiger partial charge is 0.498 e. The van der Waals surface area contributed by atoms with Crippen LogP contribution >= 0.6 is 0 Å². The smallest absolute Gasteiger partial charge is 0.323 e. The summed E-state index contributed by atoms with van der Waals surface area (Å²) in [7, 11) is 1.47. The molecule has 0 aliphatic carbocycles. The third-order valence-corrected chi connectivity index (χ3v) is 4.95. The Hall–Kier alpha value is -4.34. The number of amides is 1. The van der Waals surface area contributed by atoms with Crippen LogP contribution in [0.15, 0.2) is 54.3 Å². The molecule has 10 heteroatoms. The number of carboxylic acid groups (broad SMARTS) is 2. The van der Waals surface area contributed by atoms with Gasteiger partial charge >= 0.3 is 11.9 Å². The van der Waals surface area contributed by atoms with Gasteiger partial charge < -0.3 is 30.5 Å². The number of aliphatic carboxylic acids is 2. The van der Waals surface area contributed by atoms with Gasteiger partial charge in [0.1, 0.15) is 24.7 Å². The number of nitrogens with zero attached hydrogens (tertiary/aromatic N) is 2. The monoisotopic (exact) mass is 438 g/mol. The van der Waals surface area contributed by atoms with E-state index in [9.17, 15) is 14.4 Å². The number of nitrogens with two attached hydrogens (primary N) is 1. The van der Waals surface area contributed by atoms with Crippen molar-refractivity contribution in [2.45, 2.75) is 0 Å². The molecule has 0 bridgehead atoms. The number of nitrogens with one attached hydrogen (secondary N) is 1. The molecule has 3 rings (SSSR count). The van der Waals surface area contributed by atoms with Gasteiger partial charge in [-0.25, -0.2) is 0 Å². The van der Waals surface area contributed by atoms with Gasteiger partial charge in [-0.1, -0.05) is 12.1 Å². The molecule has 2 aromatic carbocycles. The maximum absolute atomic E-state index is 13.2. The number of hydrogen-bond acceptors (Lipinski definition) is 6. The van der Waals surface area contributed by atoms with E-state index in [1.54, 1.807) is 48.5 Å². The van der Waals surface area contributed by atoms with Gasteiger partial charge in [0.05, 0.1) is 19.2 Å². The van der Waals surface area contributed by atoms with Gasteiger partial charge in [0, 0.05) is 16.9 Å². The van der Waals surface area contributed by atoms with E-state index in [1.807, 2.05) is 0 Å². The van der Waals surface area contributed by atoms with Crippen LogP contribution in [0.4, 0.5) is 11.4 Å². The second kappa shape index (κ2) is 9.21. The van der Waals surface area contributed by atoms with Crippen LogP contribution in [0.25, 0.3) is 5.57 Å². The number of methoxy groups -OCH3 is 1. The number of benzene rings is 2. The van der Waals surface area contributed by atoms with Crippen molar-refractivity contribution in [3.63, 3.8) is 0 Å². The number of amidine groups is 1. The van der Waals surface area contributed by atoms with Crippen molar-refractivity contribution in [1.82, 2.24) is 0 Å².